The van der Waals surface area contributed by atoms with Crippen molar-refractivity contribution in [3.63, 3.8) is 0 Å². The van der Waals surface area contributed by atoms with Gasteiger partial charge in [0.25, 0.3) is 0 Å². The minimum Gasteiger partial charge on any atom is -0.359 e. The normalized spacial score (nSPS) is 16.4. The first-order valence-corrected chi connectivity index (χ1v) is 8.82. The lowest BCUT2D eigenvalue weighted by atomic mass is 10.2. The van der Waals surface area contributed by atoms with Crippen molar-refractivity contribution in [1.29, 1.82) is 0 Å². The van der Waals surface area contributed by atoms with Gasteiger partial charge in [-0.05, 0) is 31.5 Å². The first-order valence-electron chi connectivity index (χ1n) is 8.44. The van der Waals surface area contributed by atoms with E-state index in [0.717, 1.165) is 5.56 Å². The Bertz CT molecular complexity index is 817. The summed E-state index contributed by atoms with van der Waals surface area (Å²) in [5.74, 6) is 0.306. The van der Waals surface area contributed by atoms with Crippen LogP contribution in [0.1, 0.15) is 17.0 Å². The predicted molar refractivity (Wildman–Crippen MR) is 99.4 cm³/mol. The zero-order valence-corrected chi connectivity index (χ0v) is 16.1. The Morgan fingerprint density at radius 2 is 2.04 bits per heavy atom. The Balaban J connectivity index is 1.66. The molecule has 0 saturated carbocycles. The molecule has 1 aromatic heterocycles. The first kappa shape index (κ1) is 19.2. The summed E-state index contributed by atoms with van der Waals surface area (Å²) in [6.45, 7) is 4.04. The highest BCUT2D eigenvalue weighted by molar-refractivity contribution is 6.30. The van der Waals surface area contributed by atoms with Crippen LogP contribution in [-0.4, -0.2) is 53.3 Å². The fourth-order valence-electron chi connectivity index (χ4n) is 2.88. The molecule has 0 bridgehead atoms. The fraction of sp³-hybridized carbons (Fsp3) is 0.389. The van der Waals surface area contributed by atoms with E-state index in [0.29, 0.717) is 28.7 Å². The molecule has 2 aromatic rings. The average Bonchev–Trinajstić information content (AvgIpc) is 3.25. The molecule has 8 nitrogen and oxygen atoms in total. The molecule has 0 unspecified atom stereocenters. The Morgan fingerprint density at radius 1 is 1.33 bits per heavy atom. The number of rotatable bonds is 4. The van der Waals surface area contributed by atoms with E-state index >= 15 is 0 Å². The molecule has 1 N–H and O–H groups in total. The van der Waals surface area contributed by atoms with Crippen molar-refractivity contribution in [3.05, 3.63) is 46.3 Å². The minimum atomic E-state index is -0.692. The second kappa shape index (κ2) is 7.98. The molecule has 9 heteroatoms. The number of amides is 3. The number of likely N-dealkylation sites (N-methyl/N-ethyl adjacent to an activating group) is 1. The van der Waals surface area contributed by atoms with Crippen molar-refractivity contribution in [3.8, 4) is 0 Å². The number of halogens is 1. The molecule has 1 aliphatic rings. The van der Waals surface area contributed by atoms with Gasteiger partial charge in [0, 0.05) is 18.6 Å². The molecule has 0 aliphatic carbocycles. The fourth-order valence-corrected chi connectivity index (χ4v) is 3.01. The summed E-state index contributed by atoms with van der Waals surface area (Å²) in [4.78, 5) is 28.4. The summed E-state index contributed by atoms with van der Waals surface area (Å²) >= 11 is 5.89. The molecule has 1 aliphatic heterocycles. The van der Waals surface area contributed by atoms with E-state index < -0.39 is 12.1 Å². The first-order chi connectivity index (χ1) is 12.9. The Morgan fingerprint density at radius 3 is 2.67 bits per heavy atom. The van der Waals surface area contributed by atoms with Crippen molar-refractivity contribution in [2.24, 2.45) is 0 Å². The summed E-state index contributed by atoms with van der Waals surface area (Å²) in [7, 11) is 1.69. The van der Waals surface area contributed by atoms with E-state index in [4.69, 9.17) is 20.9 Å². The smallest absolute Gasteiger partial charge is 0.324 e. The van der Waals surface area contributed by atoms with Crippen LogP contribution in [-0.2, 0) is 16.1 Å². The van der Waals surface area contributed by atoms with E-state index in [9.17, 15) is 9.59 Å². The van der Waals surface area contributed by atoms with Gasteiger partial charge in [-0.3, -0.25) is 9.69 Å². The number of hydrogen-bond acceptors (Lipinski definition) is 5. The van der Waals surface area contributed by atoms with Gasteiger partial charge in [0.1, 0.15) is 24.2 Å². The van der Waals surface area contributed by atoms with Crippen LogP contribution in [0.3, 0.4) is 0 Å². The van der Waals surface area contributed by atoms with Crippen LogP contribution in [0.4, 0.5) is 10.5 Å². The topological polar surface area (TPSA) is 87.9 Å². The monoisotopic (exact) mass is 392 g/mol. The lowest BCUT2D eigenvalue weighted by molar-refractivity contribution is -0.134. The van der Waals surface area contributed by atoms with Gasteiger partial charge in [-0.1, -0.05) is 28.9 Å². The number of carbonyl (C=O) groups is 2. The average molecular weight is 393 g/mol. The molecule has 3 rings (SSSR count). The number of carbonyl (C=O) groups excluding carboxylic acids is 2. The highest BCUT2D eigenvalue weighted by atomic mass is 35.5. The standard InChI is InChI=1S/C18H21ClN4O4/c1-11-16(12(2)27-21-11)20-18(25)23-10-26-9-15(23)17(24)22(3)8-13-4-6-14(19)7-5-13/h4-7,15H,8-10H2,1-3H3,(H,20,25)/t15-/m1/s1. The molecular weight excluding hydrogens is 372 g/mol. The number of anilines is 1. The van der Waals surface area contributed by atoms with Gasteiger partial charge >= 0.3 is 6.03 Å². The predicted octanol–water partition coefficient (Wildman–Crippen LogP) is 2.79. The molecule has 1 atom stereocenters. The second-order valence-corrected chi connectivity index (χ2v) is 6.87. The van der Waals surface area contributed by atoms with E-state index in [1.807, 2.05) is 12.1 Å². The van der Waals surface area contributed by atoms with Crippen molar-refractivity contribution >= 4 is 29.2 Å². The molecule has 3 amide bonds. The van der Waals surface area contributed by atoms with Crippen LogP contribution in [0.2, 0.25) is 5.02 Å². The lowest BCUT2D eigenvalue weighted by Gasteiger charge is -2.26. The van der Waals surface area contributed by atoms with E-state index in [-0.39, 0.29) is 19.2 Å². The van der Waals surface area contributed by atoms with Crippen molar-refractivity contribution in [2.45, 2.75) is 26.4 Å². The van der Waals surface area contributed by atoms with Crippen LogP contribution in [0, 0.1) is 13.8 Å². The van der Waals surface area contributed by atoms with Crippen molar-refractivity contribution in [2.75, 3.05) is 25.7 Å². The second-order valence-electron chi connectivity index (χ2n) is 6.44. The van der Waals surface area contributed by atoms with Crippen LogP contribution < -0.4 is 5.32 Å². The van der Waals surface area contributed by atoms with Crippen LogP contribution in [0.25, 0.3) is 0 Å². The number of aryl methyl sites for hydroxylation is 2. The van der Waals surface area contributed by atoms with Gasteiger partial charge in [-0.15, -0.1) is 0 Å². The lowest BCUT2D eigenvalue weighted by Crippen LogP contribution is -2.49. The zero-order valence-electron chi connectivity index (χ0n) is 15.4. The van der Waals surface area contributed by atoms with Crippen LogP contribution in [0.15, 0.2) is 28.8 Å². The van der Waals surface area contributed by atoms with Gasteiger partial charge in [0.2, 0.25) is 5.91 Å². The summed E-state index contributed by atoms with van der Waals surface area (Å²) < 4.78 is 10.4. The van der Waals surface area contributed by atoms with Crippen molar-refractivity contribution in [1.82, 2.24) is 15.0 Å². The van der Waals surface area contributed by atoms with Gasteiger partial charge in [0.05, 0.1) is 6.61 Å². The number of hydrogen-bond donors (Lipinski definition) is 1. The number of urea groups is 1. The third-order valence-electron chi connectivity index (χ3n) is 4.40. The third kappa shape index (κ3) is 4.23. The summed E-state index contributed by atoms with van der Waals surface area (Å²) in [6.07, 6.45) is 0. The van der Waals surface area contributed by atoms with E-state index in [2.05, 4.69) is 10.5 Å². The molecule has 2 heterocycles. The molecule has 27 heavy (non-hydrogen) atoms. The molecule has 0 spiro atoms. The Hall–Kier alpha value is -2.58. The number of nitrogens with one attached hydrogen (secondary N) is 1. The molecule has 144 valence electrons. The van der Waals surface area contributed by atoms with E-state index in [1.165, 1.54) is 4.90 Å². The molecule has 0 radical (unpaired) electrons. The third-order valence-corrected chi connectivity index (χ3v) is 4.65. The highest BCUT2D eigenvalue weighted by Gasteiger charge is 2.37. The van der Waals surface area contributed by atoms with Crippen LogP contribution in [0.5, 0.6) is 0 Å². The maximum atomic E-state index is 12.8. The summed E-state index contributed by atoms with van der Waals surface area (Å²) in [5, 5.41) is 7.19. The summed E-state index contributed by atoms with van der Waals surface area (Å²) in [6, 6.07) is 6.15. The molecule has 1 fully saturated rings. The van der Waals surface area contributed by atoms with Gasteiger partial charge < -0.3 is 19.5 Å². The Labute approximate surface area is 162 Å². The maximum Gasteiger partial charge on any atom is 0.324 e. The molecular formula is C18H21ClN4O4. The van der Waals surface area contributed by atoms with Crippen molar-refractivity contribution < 1.29 is 18.8 Å². The number of nitrogens with zero attached hydrogens (tertiary/aromatic N) is 3. The van der Waals surface area contributed by atoms with Crippen LogP contribution >= 0.6 is 11.6 Å². The SMILES string of the molecule is Cc1noc(C)c1NC(=O)N1COC[C@@H]1C(=O)N(C)Cc1ccc(Cl)cc1. The largest absolute Gasteiger partial charge is 0.359 e. The Kier molecular flexibility index (Phi) is 5.67. The number of benzene rings is 1. The minimum absolute atomic E-state index is 0.0421. The number of ether oxygens (including phenoxy) is 1. The quantitative estimate of drug-likeness (QED) is 0.864. The molecule has 1 aromatic carbocycles. The van der Waals surface area contributed by atoms with Gasteiger partial charge in [-0.25, -0.2) is 4.79 Å². The highest BCUT2D eigenvalue weighted by Crippen LogP contribution is 2.21. The summed E-state index contributed by atoms with van der Waals surface area (Å²) in [5.41, 5.74) is 2.03. The van der Waals surface area contributed by atoms with E-state index in [1.54, 1.807) is 37.9 Å². The number of aromatic nitrogens is 1. The zero-order chi connectivity index (χ0) is 19.6. The maximum absolute atomic E-state index is 12.8. The van der Waals surface area contributed by atoms with Gasteiger partial charge in [-0.2, -0.15) is 0 Å². The van der Waals surface area contributed by atoms with Gasteiger partial charge in [0.15, 0.2) is 5.76 Å². The molecule has 1 saturated heterocycles.